The van der Waals surface area contributed by atoms with E-state index in [4.69, 9.17) is 6.42 Å². The molecule has 0 saturated carbocycles. The number of fused-ring (bicyclic) bond motifs is 1. The van der Waals surface area contributed by atoms with Gasteiger partial charge < -0.3 is 15.6 Å². The molecule has 5 heteroatoms. The lowest BCUT2D eigenvalue weighted by molar-refractivity contribution is 0.857. The van der Waals surface area contributed by atoms with Crippen molar-refractivity contribution in [2.45, 2.75) is 13.3 Å². The van der Waals surface area contributed by atoms with E-state index in [1.807, 2.05) is 13.0 Å². The lowest BCUT2D eigenvalue weighted by Gasteiger charge is -2.08. The minimum Gasteiger partial charge on any atom is -0.361 e. The van der Waals surface area contributed by atoms with E-state index in [0.717, 1.165) is 25.5 Å². The molecule has 4 nitrogen and oxygen atoms in total. The van der Waals surface area contributed by atoms with Gasteiger partial charge in [0.15, 0.2) is 5.96 Å². The molecule has 0 aliphatic rings. The van der Waals surface area contributed by atoms with E-state index >= 15 is 0 Å². The first-order chi connectivity index (χ1) is 9.85. The number of hydrogen-bond donors (Lipinski definition) is 3. The van der Waals surface area contributed by atoms with Gasteiger partial charge in [-0.25, -0.2) is 0 Å². The predicted octanol–water partition coefficient (Wildman–Crippen LogP) is 2.52. The number of hydrogen-bond acceptors (Lipinski definition) is 1. The van der Waals surface area contributed by atoms with Crippen LogP contribution in [0.5, 0.6) is 0 Å². The molecular weight excluding hydrogens is 375 g/mol. The average molecular weight is 396 g/mol. The number of benzene rings is 1. The van der Waals surface area contributed by atoms with Gasteiger partial charge in [0.25, 0.3) is 0 Å². The van der Waals surface area contributed by atoms with Crippen LogP contribution in [0.1, 0.15) is 12.5 Å². The maximum absolute atomic E-state index is 5.24. The zero-order valence-corrected chi connectivity index (χ0v) is 14.5. The van der Waals surface area contributed by atoms with Gasteiger partial charge in [-0.2, -0.15) is 0 Å². The van der Waals surface area contributed by atoms with Crippen LogP contribution in [0.2, 0.25) is 0 Å². The molecule has 3 N–H and O–H groups in total. The molecule has 1 heterocycles. The van der Waals surface area contributed by atoms with Gasteiger partial charge in [0.2, 0.25) is 0 Å². The summed E-state index contributed by atoms with van der Waals surface area (Å²) in [7, 11) is 0. The average Bonchev–Trinajstić information content (AvgIpc) is 2.88. The normalized spacial score (nSPS) is 10.8. The Morgan fingerprint density at radius 2 is 2.14 bits per heavy atom. The number of guanidine groups is 1. The number of nitrogens with zero attached hydrogens (tertiary/aromatic N) is 1. The second kappa shape index (κ2) is 9.29. The third-order valence-corrected chi connectivity index (χ3v) is 3.03. The molecule has 0 amide bonds. The fraction of sp³-hybridized carbons (Fsp3) is 0.312. The minimum atomic E-state index is 0. The Bertz CT molecular complexity index is 624. The standard InChI is InChI=1S/C16H20N4.HI/c1-3-10-18-16(17-4-2)19-11-9-13-12-20-15-8-6-5-7-14(13)15;/h1,5-8,12,20H,4,9-11H2,2H3,(H2,17,18,19);1H. The topological polar surface area (TPSA) is 52.2 Å². The molecule has 0 bridgehead atoms. The summed E-state index contributed by atoms with van der Waals surface area (Å²) in [5, 5.41) is 7.52. The molecule has 2 aromatic rings. The van der Waals surface area contributed by atoms with Crippen molar-refractivity contribution in [2.75, 3.05) is 19.6 Å². The van der Waals surface area contributed by atoms with Gasteiger partial charge >= 0.3 is 0 Å². The highest BCUT2D eigenvalue weighted by Crippen LogP contribution is 2.17. The number of aromatic amines is 1. The summed E-state index contributed by atoms with van der Waals surface area (Å²) < 4.78 is 0. The highest BCUT2D eigenvalue weighted by Gasteiger charge is 2.02. The third-order valence-electron chi connectivity index (χ3n) is 3.03. The molecule has 1 aromatic heterocycles. The van der Waals surface area contributed by atoms with Crippen LogP contribution in [0.3, 0.4) is 0 Å². The zero-order valence-electron chi connectivity index (χ0n) is 12.1. The van der Waals surface area contributed by atoms with Crippen LogP contribution >= 0.6 is 24.0 Å². The third kappa shape index (κ3) is 4.97. The lowest BCUT2D eigenvalue weighted by atomic mass is 10.1. The number of nitrogens with one attached hydrogen (secondary N) is 3. The molecule has 0 aliphatic carbocycles. The molecule has 112 valence electrons. The molecule has 0 aliphatic heterocycles. The quantitative estimate of drug-likeness (QED) is 0.315. The Kier molecular flexibility index (Phi) is 7.69. The molecule has 0 atom stereocenters. The maximum Gasteiger partial charge on any atom is 0.192 e. The smallest absolute Gasteiger partial charge is 0.192 e. The Balaban J connectivity index is 0.00000220. The molecule has 0 fully saturated rings. The van der Waals surface area contributed by atoms with Crippen molar-refractivity contribution in [3.63, 3.8) is 0 Å². The summed E-state index contributed by atoms with van der Waals surface area (Å²) in [6.45, 7) is 4.07. The van der Waals surface area contributed by atoms with E-state index in [-0.39, 0.29) is 24.0 Å². The Labute approximate surface area is 142 Å². The molecule has 21 heavy (non-hydrogen) atoms. The number of rotatable bonds is 5. The summed E-state index contributed by atoms with van der Waals surface area (Å²) in [5.41, 5.74) is 2.46. The first kappa shape index (κ1) is 17.4. The van der Waals surface area contributed by atoms with E-state index in [1.54, 1.807) is 0 Å². The van der Waals surface area contributed by atoms with Crippen LogP contribution in [-0.2, 0) is 6.42 Å². The summed E-state index contributed by atoms with van der Waals surface area (Å²) in [4.78, 5) is 7.80. The fourth-order valence-electron chi connectivity index (χ4n) is 2.10. The monoisotopic (exact) mass is 396 g/mol. The van der Waals surface area contributed by atoms with Crippen molar-refractivity contribution >= 4 is 40.8 Å². The number of terminal acetylenes is 1. The second-order valence-corrected chi connectivity index (χ2v) is 4.43. The Morgan fingerprint density at radius 1 is 1.33 bits per heavy atom. The van der Waals surface area contributed by atoms with Gasteiger partial charge in [-0.05, 0) is 25.0 Å². The van der Waals surface area contributed by atoms with Gasteiger partial charge in [-0.1, -0.05) is 24.1 Å². The molecule has 0 radical (unpaired) electrons. The van der Waals surface area contributed by atoms with E-state index in [2.05, 4.69) is 50.9 Å². The van der Waals surface area contributed by atoms with E-state index < -0.39 is 0 Å². The van der Waals surface area contributed by atoms with Crippen molar-refractivity contribution in [2.24, 2.45) is 4.99 Å². The van der Waals surface area contributed by atoms with E-state index in [0.29, 0.717) is 6.54 Å². The summed E-state index contributed by atoms with van der Waals surface area (Å²) in [6, 6.07) is 8.31. The number of H-pyrrole nitrogens is 1. The van der Waals surface area contributed by atoms with Gasteiger partial charge in [0.1, 0.15) is 0 Å². The first-order valence-corrected chi connectivity index (χ1v) is 6.85. The highest BCUT2D eigenvalue weighted by atomic mass is 127. The van der Waals surface area contributed by atoms with Crippen molar-refractivity contribution in [1.82, 2.24) is 15.6 Å². The first-order valence-electron chi connectivity index (χ1n) is 6.85. The van der Waals surface area contributed by atoms with Crippen molar-refractivity contribution in [3.05, 3.63) is 36.0 Å². The molecule has 0 saturated heterocycles. The molecule has 0 unspecified atom stereocenters. The van der Waals surface area contributed by atoms with Crippen molar-refractivity contribution in [3.8, 4) is 12.3 Å². The number of para-hydroxylation sites is 1. The van der Waals surface area contributed by atoms with Gasteiger partial charge in [0.05, 0.1) is 6.54 Å². The van der Waals surface area contributed by atoms with Crippen molar-refractivity contribution in [1.29, 1.82) is 0 Å². The van der Waals surface area contributed by atoms with Crippen molar-refractivity contribution < 1.29 is 0 Å². The molecule has 0 spiro atoms. The van der Waals surface area contributed by atoms with Crippen LogP contribution < -0.4 is 10.6 Å². The van der Waals surface area contributed by atoms with Gasteiger partial charge in [0, 0.05) is 30.2 Å². The predicted molar refractivity (Wildman–Crippen MR) is 100 cm³/mol. The van der Waals surface area contributed by atoms with Gasteiger partial charge in [-0.3, -0.25) is 4.99 Å². The second-order valence-electron chi connectivity index (χ2n) is 4.43. The summed E-state index contributed by atoms with van der Waals surface area (Å²) >= 11 is 0. The lowest BCUT2D eigenvalue weighted by Crippen LogP contribution is -2.37. The van der Waals surface area contributed by atoms with E-state index in [9.17, 15) is 0 Å². The minimum absolute atomic E-state index is 0. The van der Waals surface area contributed by atoms with Crippen LogP contribution in [0.4, 0.5) is 0 Å². The van der Waals surface area contributed by atoms with E-state index in [1.165, 1.54) is 16.5 Å². The summed E-state index contributed by atoms with van der Waals surface area (Å²) in [5.74, 6) is 3.32. The van der Waals surface area contributed by atoms with Gasteiger partial charge in [-0.15, -0.1) is 30.4 Å². The van der Waals surface area contributed by atoms with Crippen LogP contribution in [0.15, 0.2) is 35.5 Å². The number of aliphatic imine (C=N–C) groups is 1. The molecule has 2 rings (SSSR count). The number of halogens is 1. The van der Waals surface area contributed by atoms with Crippen LogP contribution in [0, 0.1) is 12.3 Å². The maximum atomic E-state index is 5.24. The SMILES string of the molecule is C#CCNC(=NCCc1c[nH]c2ccccc12)NCC.I. The van der Waals surface area contributed by atoms with Crippen LogP contribution in [0.25, 0.3) is 10.9 Å². The Hall–Kier alpha value is -1.68. The molecule has 1 aromatic carbocycles. The number of aromatic nitrogens is 1. The fourth-order valence-corrected chi connectivity index (χ4v) is 2.10. The Morgan fingerprint density at radius 3 is 2.90 bits per heavy atom. The largest absolute Gasteiger partial charge is 0.361 e. The molecular formula is C16H21IN4. The van der Waals surface area contributed by atoms with Crippen LogP contribution in [-0.4, -0.2) is 30.6 Å². The zero-order chi connectivity index (χ0) is 14.2. The summed E-state index contributed by atoms with van der Waals surface area (Å²) in [6.07, 6.45) is 8.20. The highest BCUT2D eigenvalue weighted by molar-refractivity contribution is 14.0.